The number of nitrogens with one attached hydrogen (secondary N) is 2. The summed E-state index contributed by atoms with van der Waals surface area (Å²) in [6, 6.07) is 16.2. The van der Waals surface area contributed by atoms with Crippen molar-refractivity contribution < 1.29 is 9.53 Å². The lowest BCUT2D eigenvalue weighted by Crippen LogP contribution is -2.39. The molecule has 116 valence electrons. The second kappa shape index (κ2) is 6.83. The lowest BCUT2D eigenvalue weighted by molar-refractivity contribution is -0.108. The molecule has 0 aliphatic carbocycles. The van der Waals surface area contributed by atoms with Gasteiger partial charge in [-0.2, -0.15) is 0 Å². The van der Waals surface area contributed by atoms with Gasteiger partial charge in [-0.15, -0.1) is 0 Å². The lowest BCUT2D eigenvalue weighted by Gasteiger charge is -2.33. The minimum Gasteiger partial charge on any atom is -0.485 e. The van der Waals surface area contributed by atoms with Gasteiger partial charge in [-0.05, 0) is 23.8 Å². The van der Waals surface area contributed by atoms with Crippen molar-refractivity contribution in [1.29, 1.82) is 0 Å². The third-order valence-electron chi connectivity index (χ3n) is 3.93. The fourth-order valence-electron chi connectivity index (χ4n) is 2.85. The zero-order valence-electron chi connectivity index (χ0n) is 12.8. The van der Waals surface area contributed by atoms with E-state index in [4.69, 9.17) is 17.0 Å². The first-order valence-corrected chi connectivity index (χ1v) is 7.91. The molecular formula is C17H17BN2O2S. The Balaban J connectivity index is 1.91. The third-order valence-corrected chi connectivity index (χ3v) is 4.16. The molecule has 0 fully saturated rings. The van der Waals surface area contributed by atoms with Crippen LogP contribution in [0.2, 0.25) is 0 Å². The molecule has 23 heavy (non-hydrogen) atoms. The van der Waals surface area contributed by atoms with Crippen LogP contribution in [0.25, 0.3) is 0 Å². The first-order chi connectivity index (χ1) is 11.2. The van der Waals surface area contributed by atoms with E-state index in [1.54, 1.807) is 0 Å². The van der Waals surface area contributed by atoms with Crippen molar-refractivity contribution in [2.75, 3.05) is 0 Å². The number of hydrogen-bond donors (Lipinski definition) is 2. The van der Waals surface area contributed by atoms with Crippen LogP contribution in [-0.4, -0.2) is 19.4 Å². The monoisotopic (exact) mass is 324 g/mol. The molecule has 2 unspecified atom stereocenters. The highest BCUT2D eigenvalue weighted by atomic mass is 32.1. The van der Waals surface area contributed by atoms with E-state index in [0.29, 0.717) is 11.5 Å². The number of carbonyl (C=O) groups is 1. The highest BCUT2D eigenvalue weighted by molar-refractivity contribution is 7.80. The summed E-state index contributed by atoms with van der Waals surface area (Å²) in [4.78, 5) is 10.6. The molecule has 0 saturated heterocycles. The van der Waals surface area contributed by atoms with Crippen molar-refractivity contribution in [3.63, 3.8) is 0 Å². The third kappa shape index (κ3) is 3.53. The number of ether oxygens (including phenoxy) is 1. The van der Waals surface area contributed by atoms with E-state index in [0.717, 1.165) is 28.8 Å². The van der Waals surface area contributed by atoms with Gasteiger partial charge in [-0.3, -0.25) is 4.79 Å². The number of hydrogen-bond acceptors (Lipinski definition) is 3. The minimum absolute atomic E-state index is 0.0104. The van der Waals surface area contributed by atoms with Gasteiger partial charge in [0.2, 0.25) is 6.41 Å². The Morgan fingerprint density at radius 2 is 2.04 bits per heavy atom. The summed E-state index contributed by atoms with van der Waals surface area (Å²) in [5.41, 5.74) is 3.35. The zero-order valence-corrected chi connectivity index (χ0v) is 13.6. The summed E-state index contributed by atoms with van der Waals surface area (Å²) in [7, 11) is 2.04. The number of thiocarbonyl (C=S) groups is 1. The average Bonchev–Trinajstić information content (AvgIpc) is 2.56. The lowest BCUT2D eigenvalue weighted by atomic mass is 9.87. The summed E-state index contributed by atoms with van der Waals surface area (Å²) < 4.78 is 6.17. The fourth-order valence-corrected chi connectivity index (χ4v) is 3.04. The molecule has 2 aromatic rings. The Labute approximate surface area is 141 Å². The molecule has 0 saturated carbocycles. The standard InChI is InChI=1S/C17H17BN2O2S/c18-12-6-7-15-13(8-12)14(20-17(23)19-10-21)9-16(22-15)11-4-2-1-3-5-11/h1-8,10,14,16H,9,18H2,(H2,19,20,21,23). The van der Waals surface area contributed by atoms with E-state index in [1.807, 2.05) is 38.2 Å². The largest absolute Gasteiger partial charge is 0.485 e. The van der Waals surface area contributed by atoms with Gasteiger partial charge >= 0.3 is 0 Å². The molecule has 0 spiro atoms. The number of benzene rings is 2. The smallest absolute Gasteiger partial charge is 0.213 e. The molecule has 0 radical (unpaired) electrons. The fraction of sp³-hybridized carbons (Fsp3) is 0.176. The number of carbonyl (C=O) groups excluding carboxylic acids is 1. The summed E-state index contributed by atoms with van der Waals surface area (Å²) in [6.45, 7) is 0. The Morgan fingerprint density at radius 1 is 1.26 bits per heavy atom. The number of rotatable bonds is 3. The Morgan fingerprint density at radius 3 is 2.78 bits per heavy atom. The molecule has 2 atom stereocenters. The Bertz CT molecular complexity index is 724. The molecule has 6 heteroatoms. The first kappa shape index (κ1) is 15.6. The van der Waals surface area contributed by atoms with Crippen LogP contribution < -0.4 is 20.8 Å². The van der Waals surface area contributed by atoms with Gasteiger partial charge in [-0.1, -0.05) is 47.9 Å². The van der Waals surface area contributed by atoms with Crippen LogP contribution in [0, 0.1) is 0 Å². The maximum Gasteiger partial charge on any atom is 0.213 e. The summed E-state index contributed by atoms with van der Waals surface area (Å²) in [6.07, 6.45) is 1.27. The van der Waals surface area contributed by atoms with Gasteiger partial charge in [0, 0.05) is 12.0 Å². The van der Waals surface area contributed by atoms with Crippen LogP contribution >= 0.6 is 12.2 Å². The topological polar surface area (TPSA) is 50.4 Å². The molecule has 1 heterocycles. The van der Waals surface area contributed by atoms with E-state index in [1.165, 1.54) is 0 Å². The van der Waals surface area contributed by atoms with E-state index in [9.17, 15) is 4.79 Å². The van der Waals surface area contributed by atoms with E-state index >= 15 is 0 Å². The van der Waals surface area contributed by atoms with Crippen LogP contribution in [0.4, 0.5) is 0 Å². The van der Waals surface area contributed by atoms with Crippen molar-refractivity contribution in [2.45, 2.75) is 18.6 Å². The molecule has 1 aliphatic rings. The maximum atomic E-state index is 10.6. The minimum atomic E-state index is -0.0528. The van der Waals surface area contributed by atoms with Crippen LogP contribution in [-0.2, 0) is 4.79 Å². The number of amides is 1. The molecule has 3 rings (SSSR count). The highest BCUT2D eigenvalue weighted by Crippen LogP contribution is 2.40. The Hall–Kier alpha value is -2.34. The highest BCUT2D eigenvalue weighted by Gasteiger charge is 2.29. The van der Waals surface area contributed by atoms with Crippen molar-refractivity contribution >= 4 is 37.0 Å². The molecule has 0 aromatic heterocycles. The molecule has 1 amide bonds. The van der Waals surface area contributed by atoms with Crippen molar-refractivity contribution in [3.8, 4) is 5.75 Å². The molecule has 1 aliphatic heterocycles. The van der Waals surface area contributed by atoms with Gasteiger partial charge in [-0.25, -0.2) is 0 Å². The normalized spacial score (nSPS) is 19.1. The van der Waals surface area contributed by atoms with Crippen molar-refractivity contribution in [2.24, 2.45) is 0 Å². The summed E-state index contributed by atoms with van der Waals surface area (Å²) in [5, 5.41) is 6.03. The van der Waals surface area contributed by atoms with Gasteiger partial charge in [0.15, 0.2) is 5.11 Å². The summed E-state index contributed by atoms with van der Waals surface area (Å²) >= 11 is 5.16. The second-order valence-corrected chi connectivity index (χ2v) is 5.99. The molecule has 4 nitrogen and oxygen atoms in total. The van der Waals surface area contributed by atoms with E-state index < -0.39 is 0 Å². The predicted molar refractivity (Wildman–Crippen MR) is 96.7 cm³/mol. The second-order valence-electron chi connectivity index (χ2n) is 5.58. The maximum absolute atomic E-state index is 10.6. The van der Waals surface area contributed by atoms with Crippen LogP contribution in [0.15, 0.2) is 48.5 Å². The van der Waals surface area contributed by atoms with Crippen molar-refractivity contribution in [3.05, 3.63) is 59.7 Å². The van der Waals surface area contributed by atoms with E-state index in [2.05, 4.69) is 28.8 Å². The molecule has 2 N–H and O–H groups in total. The average molecular weight is 324 g/mol. The predicted octanol–water partition coefficient (Wildman–Crippen LogP) is 1.13. The number of fused-ring (bicyclic) bond motifs is 1. The van der Waals surface area contributed by atoms with E-state index in [-0.39, 0.29) is 12.1 Å². The zero-order chi connectivity index (χ0) is 16.2. The Kier molecular flexibility index (Phi) is 4.62. The summed E-state index contributed by atoms with van der Waals surface area (Å²) in [5.74, 6) is 0.849. The molecule has 0 bridgehead atoms. The van der Waals surface area contributed by atoms with Crippen molar-refractivity contribution in [1.82, 2.24) is 10.6 Å². The molecule has 2 aromatic carbocycles. The van der Waals surface area contributed by atoms with Crippen LogP contribution in [0.3, 0.4) is 0 Å². The van der Waals surface area contributed by atoms with Gasteiger partial charge in [0.25, 0.3) is 0 Å². The van der Waals surface area contributed by atoms with Crippen LogP contribution in [0.1, 0.15) is 29.7 Å². The van der Waals surface area contributed by atoms with Gasteiger partial charge in [0.1, 0.15) is 19.7 Å². The van der Waals surface area contributed by atoms with Gasteiger partial charge < -0.3 is 15.4 Å². The first-order valence-electron chi connectivity index (χ1n) is 7.50. The quantitative estimate of drug-likeness (QED) is 0.505. The SMILES string of the molecule is Bc1ccc2c(c1)C(NC(=S)NC=O)CC(c1ccccc1)O2. The molecular weight excluding hydrogens is 307 g/mol. The van der Waals surface area contributed by atoms with Gasteiger partial charge in [0.05, 0.1) is 6.04 Å². The van der Waals surface area contributed by atoms with Crippen LogP contribution in [0.5, 0.6) is 5.75 Å².